The standard InChI is InChI=1S/C24H20ClN3/c1-3-17-4-13-22-23(14-5-17)28(2)24(27-22)15-12-21-11-8-19(16-26-21)18-6-9-20(25)10-7-18/h4-11,14,16H,3,13H2,1-2H3. The molecule has 4 rings (SSSR count). The van der Waals surface area contributed by atoms with Gasteiger partial charge < -0.3 is 4.57 Å². The molecule has 0 atom stereocenters. The van der Waals surface area contributed by atoms with Crippen LogP contribution in [0, 0.1) is 11.8 Å². The second-order valence-electron chi connectivity index (χ2n) is 6.69. The first-order valence-electron chi connectivity index (χ1n) is 9.30. The third kappa shape index (κ3) is 3.78. The SMILES string of the molecule is CCC1=CCc2nc(C#Cc3ccc(-c4ccc(Cl)cc4)cn3)n(C)c2C=C1. The maximum absolute atomic E-state index is 5.95. The summed E-state index contributed by atoms with van der Waals surface area (Å²) in [7, 11) is 2.01. The Labute approximate surface area is 170 Å². The number of benzene rings is 1. The third-order valence-corrected chi connectivity index (χ3v) is 5.13. The van der Waals surface area contributed by atoms with Gasteiger partial charge in [-0.1, -0.05) is 54.4 Å². The minimum atomic E-state index is 0.722. The first-order chi connectivity index (χ1) is 13.6. The van der Waals surface area contributed by atoms with Crippen LogP contribution in [0.3, 0.4) is 0 Å². The molecule has 0 aliphatic heterocycles. The highest BCUT2D eigenvalue weighted by Crippen LogP contribution is 2.21. The average molecular weight is 386 g/mol. The van der Waals surface area contributed by atoms with E-state index in [0.29, 0.717) is 0 Å². The Morgan fingerprint density at radius 2 is 1.82 bits per heavy atom. The van der Waals surface area contributed by atoms with Gasteiger partial charge in [0.1, 0.15) is 5.69 Å². The zero-order valence-electron chi connectivity index (χ0n) is 15.9. The molecule has 0 N–H and O–H groups in total. The van der Waals surface area contributed by atoms with Crippen LogP contribution in [0.15, 0.2) is 60.3 Å². The summed E-state index contributed by atoms with van der Waals surface area (Å²) < 4.78 is 2.05. The van der Waals surface area contributed by atoms with Crippen molar-refractivity contribution in [2.45, 2.75) is 19.8 Å². The van der Waals surface area contributed by atoms with Crippen LogP contribution >= 0.6 is 11.6 Å². The lowest BCUT2D eigenvalue weighted by Gasteiger charge is -2.01. The van der Waals surface area contributed by atoms with Gasteiger partial charge in [0.15, 0.2) is 5.82 Å². The molecule has 2 aromatic heterocycles. The van der Waals surface area contributed by atoms with Gasteiger partial charge in [-0.2, -0.15) is 0 Å². The number of aromatic nitrogens is 3. The maximum atomic E-state index is 5.95. The smallest absolute Gasteiger partial charge is 0.186 e. The Morgan fingerprint density at radius 1 is 1.04 bits per heavy atom. The fourth-order valence-electron chi connectivity index (χ4n) is 3.18. The molecule has 28 heavy (non-hydrogen) atoms. The Balaban J connectivity index is 1.56. The van der Waals surface area contributed by atoms with Crippen molar-refractivity contribution >= 4 is 17.7 Å². The molecule has 1 aliphatic carbocycles. The number of pyridine rings is 1. The van der Waals surface area contributed by atoms with Crippen molar-refractivity contribution in [1.29, 1.82) is 0 Å². The fourth-order valence-corrected chi connectivity index (χ4v) is 3.31. The molecule has 0 unspecified atom stereocenters. The highest BCUT2D eigenvalue weighted by atomic mass is 35.5. The third-order valence-electron chi connectivity index (χ3n) is 4.88. The molecule has 138 valence electrons. The maximum Gasteiger partial charge on any atom is 0.186 e. The van der Waals surface area contributed by atoms with Crippen molar-refractivity contribution in [3.63, 3.8) is 0 Å². The molecule has 0 saturated carbocycles. The van der Waals surface area contributed by atoms with E-state index < -0.39 is 0 Å². The number of halogens is 1. The predicted octanol–water partition coefficient (Wildman–Crippen LogP) is 5.44. The number of allylic oxidation sites excluding steroid dienone is 3. The lowest BCUT2D eigenvalue weighted by molar-refractivity contribution is 0.882. The van der Waals surface area contributed by atoms with Crippen LogP contribution in [0.4, 0.5) is 0 Å². The van der Waals surface area contributed by atoms with E-state index in [1.807, 2.05) is 54.2 Å². The normalized spacial score (nSPS) is 12.6. The first-order valence-corrected chi connectivity index (χ1v) is 9.68. The molecule has 4 heteroatoms. The first kappa shape index (κ1) is 18.3. The second kappa shape index (κ2) is 7.88. The largest absolute Gasteiger partial charge is 0.321 e. The van der Waals surface area contributed by atoms with Crippen molar-refractivity contribution in [1.82, 2.24) is 14.5 Å². The van der Waals surface area contributed by atoms with E-state index in [0.717, 1.165) is 51.9 Å². The van der Waals surface area contributed by atoms with Gasteiger partial charge in [0.2, 0.25) is 0 Å². The summed E-state index contributed by atoms with van der Waals surface area (Å²) in [6.07, 6.45) is 10.3. The van der Waals surface area contributed by atoms with Crippen molar-refractivity contribution < 1.29 is 0 Å². The molecule has 0 spiro atoms. The van der Waals surface area contributed by atoms with Gasteiger partial charge in [-0.3, -0.25) is 0 Å². The average Bonchev–Trinajstić information content (AvgIpc) is 2.89. The molecule has 3 aromatic rings. The van der Waals surface area contributed by atoms with Crippen LogP contribution in [0.25, 0.3) is 17.2 Å². The Morgan fingerprint density at radius 3 is 2.54 bits per heavy atom. The molecule has 0 bridgehead atoms. The Kier molecular flexibility index (Phi) is 5.14. The van der Waals surface area contributed by atoms with Gasteiger partial charge in [-0.15, -0.1) is 0 Å². The Hall–Kier alpha value is -3.09. The number of hydrogen-bond acceptors (Lipinski definition) is 2. The zero-order valence-corrected chi connectivity index (χ0v) is 16.7. The lowest BCUT2D eigenvalue weighted by atomic mass is 10.1. The predicted molar refractivity (Wildman–Crippen MR) is 115 cm³/mol. The fraction of sp³-hybridized carbons (Fsp3) is 0.167. The quantitative estimate of drug-likeness (QED) is 0.550. The molecule has 0 radical (unpaired) electrons. The molecule has 1 aliphatic rings. The van der Waals surface area contributed by atoms with Crippen LogP contribution in [-0.4, -0.2) is 14.5 Å². The van der Waals surface area contributed by atoms with Crippen molar-refractivity contribution in [2.75, 3.05) is 0 Å². The minimum Gasteiger partial charge on any atom is -0.321 e. The molecule has 1 aromatic carbocycles. The number of imidazole rings is 1. The molecule has 0 saturated heterocycles. The molecule has 0 fully saturated rings. The van der Waals surface area contributed by atoms with Gasteiger partial charge in [0.05, 0.1) is 11.4 Å². The highest BCUT2D eigenvalue weighted by molar-refractivity contribution is 6.30. The van der Waals surface area contributed by atoms with Crippen LogP contribution in [-0.2, 0) is 13.5 Å². The van der Waals surface area contributed by atoms with Crippen molar-refractivity contribution in [3.05, 3.63) is 88.2 Å². The molecular weight excluding hydrogens is 366 g/mol. The van der Waals surface area contributed by atoms with Crippen molar-refractivity contribution in [3.8, 4) is 23.0 Å². The topological polar surface area (TPSA) is 30.7 Å². The summed E-state index contributed by atoms with van der Waals surface area (Å²) in [6.45, 7) is 2.17. The summed E-state index contributed by atoms with van der Waals surface area (Å²) in [5.74, 6) is 7.05. The van der Waals surface area contributed by atoms with E-state index >= 15 is 0 Å². The molecule has 0 amide bonds. The van der Waals surface area contributed by atoms with Gasteiger partial charge in [-0.05, 0) is 48.1 Å². The molecule has 2 heterocycles. The molecular formula is C24H20ClN3. The van der Waals surface area contributed by atoms with E-state index in [4.69, 9.17) is 16.6 Å². The summed E-state index contributed by atoms with van der Waals surface area (Å²) in [4.78, 5) is 9.19. The van der Waals surface area contributed by atoms with Gasteiger partial charge in [-0.25, -0.2) is 9.97 Å². The summed E-state index contributed by atoms with van der Waals surface area (Å²) in [5.41, 5.74) is 6.37. The zero-order chi connectivity index (χ0) is 19.5. The minimum absolute atomic E-state index is 0.722. The van der Waals surface area contributed by atoms with Crippen LogP contribution in [0.5, 0.6) is 0 Å². The number of fused-ring (bicyclic) bond motifs is 1. The summed E-state index contributed by atoms with van der Waals surface area (Å²) >= 11 is 5.95. The lowest BCUT2D eigenvalue weighted by Crippen LogP contribution is -1.95. The van der Waals surface area contributed by atoms with E-state index in [2.05, 4.69) is 42.0 Å². The van der Waals surface area contributed by atoms with Gasteiger partial charge in [0.25, 0.3) is 0 Å². The highest BCUT2D eigenvalue weighted by Gasteiger charge is 2.12. The van der Waals surface area contributed by atoms with E-state index in [1.54, 1.807) is 0 Å². The monoisotopic (exact) mass is 385 g/mol. The number of hydrogen-bond donors (Lipinski definition) is 0. The van der Waals surface area contributed by atoms with Crippen LogP contribution in [0.1, 0.15) is 36.3 Å². The van der Waals surface area contributed by atoms with Crippen LogP contribution < -0.4 is 0 Å². The van der Waals surface area contributed by atoms with Crippen molar-refractivity contribution in [2.24, 2.45) is 7.05 Å². The Bertz CT molecular complexity index is 1120. The van der Waals surface area contributed by atoms with Crippen LogP contribution in [0.2, 0.25) is 5.02 Å². The van der Waals surface area contributed by atoms with E-state index in [-0.39, 0.29) is 0 Å². The second-order valence-corrected chi connectivity index (χ2v) is 7.12. The summed E-state index contributed by atoms with van der Waals surface area (Å²) in [6, 6.07) is 11.7. The van der Waals surface area contributed by atoms with Gasteiger partial charge >= 0.3 is 0 Å². The van der Waals surface area contributed by atoms with Gasteiger partial charge in [0, 0.05) is 30.3 Å². The summed E-state index contributed by atoms with van der Waals surface area (Å²) in [5, 5.41) is 0.726. The van der Waals surface area contributed by atoms with E-state index in [1.165, 1.54) is 5.57 Å². The molecule has 3 nitrogen and oxygen atoms in total. The van der Waals surface area contributed by atoms with E-state index in [9.17, 15) is 0 Å². The number of nitrogens with zero attached hydrogens (tertiary/aromatic N) is 3. The number of rotatable bonds is 2.